The summed E-state index contributed by atoms with van der Waals surface area (Å²) in [5.74, 6) is 0. The maximum absolute atomic E-state index is 12.3. The van der Waals surface area contributed by atoms with Crippen LogP contribution in [0, 0.1) is 0 Å². The third-order valence-electron chi connectivity index (χ3n) is 5.56. The van der Waals surface area contributed by atoms with Crippen LogP contribution in [0.2, 0.25) is 0 Å². The van der Waals surface area contributed by atoms with Crippen molar-refractivity contribution in [2.24, 2.45) is 0 Å². The summed E-state index contributed by atoms with van der Waals surface area (Å²) in [6.07, 6.45) is 20.9. The lowest BCUT2D eigenvalue weighted by molar-refractivity contribution is 0.305. The van der Waals surface area contributed by atoms with E-state index in [9.17, 15) is 8.42 Å². The predicted molar refractivity (Wildman–Crippen MR) is 138 cm³/mol. The lowest BCUT2D eigenvalue weighted by Crippen LogP contribution is -2.12. The zero-order valence-electron chi connectivity index (χ0n) is 19.0. The lowest BCUT2D eigenvalue weighted by atomic mass is 10.0. The first-order chi connectivity index (χ1) is 14.6. The van der Waals surface area contributed by atoms with Crippen molar-refractivity contribution in [1.29, 1.82) is 0 Å². The van der Waals surface area contributed by atoms with E-state index in [4.69, 9.17) is 4.18 Å². The Hall–Kier alpha value is -0.140. The number of halogens is 1. The number of benzene rings is 1. The van der Waals surface area contributed by atoms with E-state index in [1.807, 2.05) is 52.9 Å². The molecule has 1 atom stereocenters. The molecule has 0 bridgehead atoms. The zero-order valence-corrected chi connectivity index (χ0v) is 22.0. The second-order valence-corrected chi connectivity index (χ2v) is 12.1. The van der Waals surface area contributed by atoms with Crippen molar-refractivity contribution < 1.29 is 12.6 Å². The van der Waals surface area contributed by atoms with Gasteiger partial charge in [0.05, 0.1) is 6.61 Å². The number of hydrogen-bond donors (Lipinski definition) is 0. The minimum atomic E-state index is -3.55. The molecule has 0 N–H and O–H groups in total. The molecule has 0 saturated carbocycles. The van der Waals surface area contributed by atoms with Crippen LogP contribution in [0.15, 0.2) is 30.3 Å². The smallest absolute Gasteiger partial charge is 0.269 e. The fourth-order valence-corrected chi connectivity index (χ4v) is 5.47. The first-order valence-corrected chi connectivity index (χ1v) is 14.9. The number of hydrogen-bond acceptors (Lipinski definition) is 3. The molecule has 0 amide bonds. The number of rotatable bonds is 20. The summed E-state index contributed by atoms with van der Waals surface area (Å²) in [7, 11) is -3.55. The second kappa shape index (κ2) is 18.4. The van der Waals surface area contributed by atoms with Gasteiger partial charge in [-0.15, -0.1) is 0 Å². The first kappa shape index (κ1) is 27.9. The van der Waals surface area contributed by atoms with E-state index in [1.165, 1.54) is 89.9 Å². The monoisotopic (exact) mass is 550 g/mol. The summed E-state index contributed by atoms with van der Waals surface area (Å²) in [5.41, 5.74) is 0.769. The van der Waals surface area contributed by atoms with Crippen molar-refractivity contribution in [3.8, 4) is 0 Å². The molecule has 0 aromatic heterocycles. The van der Waals surface area contributed by atoms with Crippen molar-refractivity contribution in [3.05, 3.63) is 35.9 Å². The van der Waals surface area contributed by atoms with Gasteiger partial charge in [0, 0.05) is 0 Å². The summed E-state index contributed by atoms with van der Waals surface area (Å²) in [6, 6.07) is 9.24. The Morgan fingerprint density at radius 1 is 0.700 bits per heavy atom. The summed E-state index contributed by atoms with van der Waals surface area (Å²) in [5, 5.41) is 0. The SMILES string of the molecule is CCCCCCCCCCCCCCCCCCOS(=O)(=O)C(I)c1ccccc1. The summed E-state index contributed by atoms with van der Waals surface area (Å²) in [4.78, 5) is 0. The quantitative estimate of drug-likeness (QED) is 0.0706. The molecule has 174 valence electrons. The van der Waals surface area contributed by atoms with Gasteiger partial charge in [0.1, 0.15) is 0 Å². The van der Waals surface area contributed by atoms with Crippen molar-refractivity contribution in [1.82, 2.24) is 0 Å². The molecule has 3 nitrogen and oxygen atoms in total. The standard InChI is InChI=1S/C25H43IO3S/c1-2-3-4-5-6-7-8-9-10-11-12-13-14-15-16-20-23-29-30(27,28)25(26)24-21-18-17-19-22-24/h17-19,21-22,25H,2-16,20,23H2,1H3. The normalized spacial score (nSPS) is 12.9. The van der Waals surface area contributed by atoms with E-state index in [2.05, 4.69) is 6.92 Å². The van der Waals surface area contributed by atoms with Gasteiger partial charge in [-0.05, 0) is 12.0 Å². The van der Waals surface area contributed by atoms with Gasteiger partial charge in [0.2, 0.25) is 0 Å². The van der Waals surface area contributed by atoms with Crippen LogP contribution in [0.1, 0.15) is 118 Å². The molecule has 1 unspecified atom stereocenters. The van der Waals surface area contributed by atoms with Crippen LogP contribution in [0.25, 0.3) is 0 Å². The molecule has 0 heterocycles. The fraction of sp³-hybridized carbons (Fsp3) is 0.760. The molecule has 0 radical (unpaired) electrons. The van der Waals surface area contributed by atoms with E-state index in [-0.39, 0.29) is 0 Å². The van der Waals surface area contributed by atoms with E-state index >= 15 is 0 Å². The molecular formula is C25H43IO3S. The molecule has 5 heteroatoms. The maximum Gasteiger partial charge on any atom is 0.283 e. The Bertz CT molecular complexity index is 604. The fourth-order valence-electron chi connectivity index (χ4n) is 3.66. The van der Waals surface area contributed by atoms with Crippen LogP contribution in [0.4, 0.5) is 0 Å². The van der Waals surface area contributed by atoms with Crippen molar-refractivity contribution in [2.75, 3.05) is 6.61 Å². The molecule has 1 aromatic carbocycles. The van der Waals surface area contributed by atoms with Gasteiger partial charge in [-0.1, -0.05) is 156 Å². The van der Waals surface area contributed by atoms with Gasteiger partial charge in [-0.2, -0.15) is 8.42 Å². The Kier molecular flexibility index (Phi) is 17.1. The highest BCUT2D eigenvalue weighted by atomic mass is 127. The van der Waals surface area contributed by atoms with Crippen molar-refractivity contribution in [3.63, 3.8) is 0 Å². The van der Waals surface area contributed by atoms with E-state index in [0.29, 0.717) is 6.61 Å². The molecule has 1 aromatic rings. The minimum Gasteiger partial charge on any atom is -0.269 e. The molecule has 0 aliphatic heterocycles. The van der Waals surface area contributed by atoms with Crippen molar-refractivity contribution in [2.45, 2.75) is 113 Å². The Morgan fingerprint density at radius 3 is 1.53 bits per heavy atom. The van der Waals surface area contributed by atoms with Gasteiger partial charge < -0.3 is 0 Å². The van der Waals surface area contributed by atoms with Crippen LogP contribution in [0.5, 0.6) is 0 Å². The third kappa shape index (κ3) is 14.0. The van der Waals surface area contributed by atoms with Crippen LogP contribution >= 0.6 is 22.6 Å². The average molecular weight is 551 g/mol. The highest BCUT2D eigenvalue weighted by molar-refractivity contribution is 14.1. The number of alkyl halides is 1. The topological polar surface area (TPSA) is 43.4 Å². The largest absolute Gasteiger partial charge is 0.283 e. The molecule has 0 saturated heterocycles. The molecule has 0 aliphatic rings. The third-order valence-corrected chi connectivity index (χ3v) is 9.42. The predicted octanol–water partition coefficient (Wildman–Crippen LogP) is 8.73. The average Bonchev–Trinajstić information content (AvgIpc) is 2.76. The highest BCUT2D eigenvalue weighted by Gasteiger charge is 2.24. The van der Waals surface area contributed by atoms with E-state index < -0.39 is 13.4 Å². The Balaban J connectivity index is 1.88. The Morgan fingerprint density at radius 2 is 1.10 bits per heavy atom. The van der Waals surface area contributed by atoms with Crippen LogP contribution in [-0.2, 0) is 14.3 Å². The van der Waals surface area contributed by atoms with Gasteiger partial charge in [-0.3, -0.25) is 4.18 Å². The molecule has 0 aliphatic carbocycles. The van der Waals surface area contributed by atoms with E-state index in [0.717, 1.165) is 18.4 Å². The zero-order chi connectivity index (χ0) is 21.9. The summed E-state index contributed by atoms with van der Waals surface area (Å²) < 4.78 is 29.1. The Labute approximate surface area is 200 Å². The maximum atomic E-state index is 12.3. The molecular weight excluding hydrogens is 507 g/mol. The van der Waals surface area contributed by atoms with Gasteiger partial charge in [0.15, 0.2) is 3.26 Å². The van der Waals surface area contributed by atoms with Crippen molar-refractivity contribution >= 4 is 32.7 Å². The van der Waals surface area contributed by atoms with Gasteiger partial charge >= 0.3 is 0 Å². The molecule has 30 heavy (non-hydrogen) atoms. The van der Waals surface area contributed by atoms with E-state index in [1.54, 1.807) is 0 Å². The first-order valence-electron chi connectivity index (χ1n) is 12.1. The highest BCUT2D eigenvalue weighted by Crippen LogP contribution is 2.30. The van der Waals surface area contributed by atoms with Crippen LogP contribution in [-0.4, -0.2) is 15.0 Å². The van der Waals surface area contributed by atoms with Gasteiger partial charge in [-0.25, -0.2) is 0 Å². The van der Waals surface area contributed by atoms with Crippen LogP contribution < -0.4 is 0 Å². The minimum absolute atomic E-state index is 0.299. The lowest BCUT2D eigenvalue weighted by Gasteiger charge is -2.11. The molecule has 0 fully saturated rings. The number of unbranched alkanes of at least 4 members (excludes halogenated alkanes) is 15. The summed E-state index contributed by atoms with van der Waals surface area (Å²) >= 11 is 1.94. The molecule has 0 spiro atoms. The second-order valence-electron chi connectivity index (χ2n) is 8.34. The van der Waals surface area contributed by atoms with Crippen LogP contribution in [0.3, 0.4) is 0 Å². The van der Waals surface area contributed by atoms with Gasteiger partial charge in [0.25, 0.3) is 10.1 Å². The summed E-state index contributed by atoms with van der Waals surface area (Å²) in [6.45, 7) is 2.57. The molecule has 1 rings (SSSR count).